The molecular formula is C20H25NO3. The molecule has 3 rings (SSSR count). The van der Waals surface area contributed by atoms with Crippen LogP contribution in [0.25, 0.3) is 0 Å². The molecule has 0 aromatic heterocycles. The minimum atomic E-state index is -0.870. The lowest BCUT2D eigenvalue weighted by atomic mass is 9.99. The Kier molecular flexibility index (Phi) is 5.99. The molecule has 2 aromatic carbocycles. The highest BCUT2D eigenvalue weighted by molar-refractivity contribution is 5.14. The first-order valence-electron chi connectivity index (χ1n) is 8.51. The highest BCUT2D eigenvalue weighted by Crippen LogP contribution is 2.30. The Bertz CT molecular complexity index is 605. The number of benzene rings is 2. The zero-order chi connectivity index (χ0) is 16.7. The molecule has 0 bridgehead atoms. The number of rotatable bonds is 8. The minimum absolute atomic E-state index is 0.100. The van der Waals surface area contributed by atoms with Gasteiger partial charge in [-0.2, -0.15) is 5.48 Å². The maximum atomic E-state index is 10.9. The Balaban J connectivity index is 1.44. The van der Waals surface area contributed by atoms with Gasteiger partial charge in [0.2, 0.25) is 0 Å². The SMILES string of the molecule is O[C@@]1(COCc2ccccc2)CCC[C@@H]1NOCc1ccccc1. The van der Waals surface area contributed by atoms with Crippen LogP contribution < -0.4 is 5.48 Å². The number of hydrogen-bond acceptors (Lipinski definition) is 4. The molecule has 2 aromatic rings. The van der Waals surface area contributed by atoms with Crippen molar-refractivity contribution in [2.24, 2.45) is 0 Å². The Labute approximate surface area is 143 Å². The van der Waals surface area contributed by atoms with Crippen molar-refractivity contribution in [2.75, 3.05) is 6.61 Å². The second kappa shape index (κ2) is 8.40. The van der Waals surface area contributed by atoms with Gasteiger partial charge in [-0.05, 0) is 30.4 Å². The molecule has 4 nitrogen and oxygen atoms in total. The molecule has 0 unspecified atom stereocenters. The van der Waals surface area contributed by atoms with E-state index in [0.29, 0.717) is 19.8 Å². The Morgan fingerprint density at radius 2 is 1.58 bits per heavy atom. The number of ether oxygens (including phenoxy) is 1. The lowest BCUT2D eigenvalue weighted by Crippen LogP contribution is -2.49. The summed E-state index contributed by atoms with van der Waals surface area (Å²) in [5, 5.41) is 10.9. The lowest BCUT2D eigenvalue weighted by Gasteiger charge is -2.30. The quantitative estimate of drug-likeness (QED) is 0.731. The first-order valence-corrected chi connectivity index (χ1v) is 8.51. The Morgan fingerprint density at radius 3 is 2.25 bits per heavy atom. The van der Waals surface area contributed by atoms with Crippen LogP contribution in [0.2, 0.25) is 0 Å². The molecule has 128 valence electrons. The van der Waals surface area contributed by atoms with E-state index < -0.39 is 5.60 Å². The molecule has 4 heteroatoms. The number of hydrogen-bond donors (Lipinski definition) is 2. The molecule has 0 spiro atoms. The molecule has 2 atom stereocenters. The van der Waals surface area contributed by atoms with Gasteiger partial charge in [-0.15, -0.1) is 0 Å². The van der Waals surface area contributed by atoms with Gasteiger partial charge in [0.05, 0.1) is 25.9 Å². The summed E-state index contributed by atoms with van der Waals surface area (Å²) in [5.41, 5.74) is 4.39. The van der Waals surface area contributed by atoms with Crippen LogP contribution in [0.3, 0.4) is 0 Å². The zero-order valence-corrected chi connectivity index (χ0v) is 13.9. The number of hydroxylamine groups is 1. The third-order valence-corrected chi connectivity index (χ3v) is 4.52. The third kappa shape index (κ3) is 4.65. The van der Waals surface area contributed by atoms with Gasteiger partial charge in [0.1, 0.15) is 5.60 Å². The van der Waals surface area contributed by atoms with Gasteiger partial charge in [0.15, 0.2) is 0 Å². The van der Waals surface area contributed by atoms with Crippen LogP contribution in [0.5, 0.6) is 0 Å². The number of nitrogens with one attached hydrogen (secondary N) is 1. The molecule has 1 aliphatic carbocycles. The summed E-state index contributed by atoms with van der Waals surface area (Å²) >= 11 is 0. The molecular weight excluding hydrogens is 302 g/mol. The fraction of sp³-hybridized carbons (Fsp3) is 0.400. The van der Waals surface area contributed by atoms with Crippen molar-refractivity contribution in [3.05, 3.63) is 71.8 Å². The van der Waals surface area contributed by atoms with Gasteiger partial charge in [-0.3, -0.25) is 4.84 Å². The molecule has 2 N–H and O–H groups in total. The standard InChI is InChI=1S/C20H25NO3/c22-20(16-23-14-17-8-3-1-4-9-17)13-7-12-19(20)21-24-15-18-10-5-2-6-11-18/h1-6,8-11,19,21-22H,7,12-16H2/t19-,20+/m0/s1. The van der Waals surface area contributed by atoms with Gasteiger partial charge in [-0.25, -0.2) is 0 Å². The largest absolute Gasteiger partial charge is 0.386 e. The molecule has 1 fully saturated rings. The molecule has 24 heavy (non-hydrogen) atoms. The van der Waals surface area contributed by atoms with Gasteiger partial charge in [0, 0.05) is 0 Å². The van der Waals surface area contributed by atoms with Crippen LogP contribution >= 0.6 is 0 Å². The van der Waals surface area contributed by atoms with E-state index in [1.807, 2.05) is 60.7 Å². The van der Waals surface area contributed by atoms with Crippen LogP contribution in [-0.4, -0.2) is 23.4 Å². The van der Waals surface area contributed by atoms with Gasteiger partial charge >= 0.3 is 0 Å². The van der Waals surface area contributed by atoms with Crippen molar-refractivity contribution in [1.29, 1.82) is 0 Å². The Hall–Kier alpha value is -1.72. The summed E-state index contributed by atoms with van der Waals surface area (Å²) in [4.78, 5) is 5.60. The van der Waals surface area contributed by atoms with Crippen LogP contribution in [0.15, 0.2) is 60.7 Å². The lowest BCUT2D eigenvalue weighted by molar-refractivity contribution is -0.104. The molecule has 1 aliphatic rings. The Morgan fingerprint density at radius 1 is 0.958 bits per heavy atom. The maximum absolute atomic E-state index is 10.9. The summed E-state index contributed by atoms with van der Waals surface area (Å²) in [6.07, 6.45) is 2.59. The summed E-state index contributed by atoms with van der Waals surface area (Å²) in [5.74, 6) is 0. The second-order valence-corrected chi connectivity index (χ2v) is 6.42. The summed E-state index contributed by atoms with van der Waals surface area (Å²) in [6, 6.07) is 19.9. The highest BCUT2D eigenvalue weighted by atomic mass is 16.6. The van der Waals surface area contributed by atoms with E-state index >= 15 is 0 Å². The average molecular weight is 327 g/mol. The van der Waals surface area contributed by atoms with Crippen LogP contribution in [-0.2, 0) is 22.8 Å². The normalized spacial score (nSPS) is 23.5. The van der Waals surface area contributed by atoms with Gasteiger partial charge < -0.3 is 9.84 Å². The van der Waals surface area contributed by atoms with Crippen molar-refractivity contribution >= 4 is 0 Å². The molecule has 0 heterocycles. The minimum Gasteiger partial charge on any atom is -0.386 e. The van der Waals surface area contributed by atoms with E-state index in [2.05, 4.69) is 5.48 Å². The fourth-order valence-electron chi connectivity index (χ4n) is 3.12. The van der Waals surface area contributed by atoms with Crippen molar-refractivity contribution in [3.8, 4) is 0 Å². The highest BCUT2D eigenvalue weighted by Gasteiger charge is 2.41. The monoisotopic (exact) mass is 327 g/mol. The van der Waals surface area contributed by atoms with Gasteiger partial charge in [0.25, 0.3) is 0 Å². The van der Waals surface area contributed by atoms with E-state index in [-0.39, 0.29) is 6.04 Å². The van der Waals surface area contributed by atoms with Crippen molar-refractivity contribution in [1.82, 2.24) is 5.48 Å². The topological polar surface area (TPSA) is 50.7 Å². The van der Waals surface area contributed by atoms with Crippen molar-refractivity contribution < 1.29 is 14.7 Å². The summed E-state index contributed by atoms with van der Waals surface area (Å²) in [7, 11) is 0. The predicted molar refractivity (Wildman–Crippen MR) is 93.1 cm³/mol. The smallest absolute Gasteiger partial charge is 0.105 e. The van der Waals surface area contributed by atoms with E-state index in [4.69, 9.17) is 9.57 Å². The van der Waals surface area contributed by atoms with Crippen molar-refractivity contribution in [2.45, 2.75) is 44.1 Å². The van der Waals surface area contributed by atoms with Crippen molar-refractivity contribution in [3.63, 3.8) is 0 Å². The van der Waals surface area contributed by atoms with Crippen LogP contribution in [0, 0.1) is 0 Å². The molecule has 0 radical (unpaired) electrons. The first-order chi connectivity index (χ1) is 11.8. The second-order valence-electron chi connectivity index (χ2n) is 6.42. The number of aliphatic hydroxyl groups is 1. The fourth-order valence-corrected chi connectivity index (χ4v) is 3.12. The van der Waals surface area contributed by atoms with E-state index in [1.54, 1.807) is 0 Å². The molecule has 0 amide bonds. The average Bonchev–Trinajstić information content (AvgIpc) is 2.98. The van der Waals surface area contributed by atoms with Crippen LogP contribution in [0.4, 0.5) is 0 Å². The molecule has 0 aliphatic heterocycles. The zero-order valence-electron chi connectivity index (χ0n) is 13.9. The summed E-state index contributed by atoms with van der Waals surface area (Å²) < 4.78 is 5.76. The van der Waals surface area contributed by atoms with E-state index in [1.165, 1.54) is 0 Å². The van der Waals surface area contributed by atoms with Crippen LogP contribution in [0.1, 0.15) is 30.4 Å². The van der Waals surface area contributed by atoms with E-state index in [9.17, 15) is 5.11 Å². The van der Waals surface area contributed by atoms with E-state index in [0.717, 1.165) is 30.4 Å². The molecule has 0 saturated heterocycles. The predicted octanol–water partition coefficient (Wildman–Crippen LogP) is 3.21. The summed E-state index contributed by atoms with van der Waals surface area (Å²) in [6.45, 7) is 1.31. The third-order valence-electron chi connectivity index (χ3n) is 4.52. The first kappa shape index (κ1) is 17.1. The maximum Gasteiger partial charge on any atom is 0.105 e. The molecule has 1 saturated carbocycles. The van der Waals surface area contributed by atoms with Gasteiger partial charge in [-0.1, -0.05) is 60.7 Å².